The molecule has 3 nitrogen and oxygen atoms in total. The number of anilines is 1. The zero-order chi connectivity index (χ0) is 15.0. The average Bonchev–Trinajstić information content (AvgIpc) is 2.38. The minimum absolute atomic E-state index is 0.00124. The molecule has 2 N–H and O–H groups in total. The Hall–Kier alpha value is -1.35. The van der Waals surface area contributed by atoms with E-state index in [0.29, 0.717) is 6.54 Å². The van der Waals surface area contributed by atoms with E-state index in [0.717, 1.165) is 12.1 Å². The lowest BCUT2D eigenvalue weighted by molar-refractivity contribution is -0.115. The molecule has 1 amide bonds. The Kier molecular flexibility index (Phi) is 6.73. The van der Waals surface area contributed by atoms with Crippen molar-refractivity contribution in [1.82, 2.24) is 5.32 Å². The lowest BCUT2D eigenvalue weighted by atomic mass is 10.1. The highest BCUT2D eigenvalue weighted by Gasteiger charge is 2.11. The van der Waals surface area contributed by atoms with E-state index in [9.17, 15) is 4.79 Å². The van der Waals surface area contributed by atoms with Crippen LogP contribution in [0.25, 0.3) is 0 Å². The Labute approximate surface area is 123 Å². The summed E-state index contributed by atoms with van der Waals surface area (Å²) in [6, 6.07) is 8.16. The summed E-state index contributed by atoms with van der Waals surface area (Å²) < 4.78 is 0. The number of carbonyl (C=O) groups excluding carboxylic acids is 1. The molecule has 0 radical (unpaired) electrons. The van der Waals surface area contributed by atoms with Crippen molar-refractivity contribution >= 4 is 11.6 Å². The second kappa shape index (κ2) is 8.05. The molecule has 3 heteroatoms. The molecule has 0 aromatic heterocycles. The van der Waals surface area contributed by atoms with Gasteiger partial charge in [0.1, 0.15) is 0 Å². The van der Waals surface area contributed by atoms with Crippen LogP contribution in [0.1, 0.15) is 52.5 Å². The molecule has 0 saturated carbocycles. The highest BCUT2D eigenvalue weighted by Crippen LogP contribution is 2.12. The number of amides is 1. The first-order valence-corrected chi connectivity index (χ1v) is 7.54. The second-order valence-corrected chi connectivity index (χ2v) is 6.31. The van der Waals surface area contributed by atoms with Crippen LogP contribution in [-0.4, -0.2) is 18.0 Å². The van der Waals surface area contributed by atoms with Gasteiger partial charge in [-0.25, -0.2) is 0 Å². The normalized spacial score (nSPS) is 11.4. The minimum Gasteiger partial charge on any atom is -0.325 e. The first-order chi connectivity index (χ1) is 9.40. The average molecular weight is 276 g/mol. The van der Waals surface area contributed by atoms with Gasteiger partial charge >= 0.3 is 0 Å². The fourth-order valence-electron chi connectivity index (χ4n) is 1.88. The van der Waals surface area contributed by atoms with E-state index in [-0.39, 0.29) is 11.4 Å². The second-order valence-electron chi connectivity index (χ2n) is 6.31. The molecule has 0 fully saturated rings. The molecule has 0 saturated heterocycles. The van der Waals surface area contributed by atoms with Crippen LogP contribution in [0, 0.1) is 0 Å². The van der Waals surface area contributed by atoms with Gasteiger partial charge in [-0.05, 0) is 51.3 Å². The fourth-order valence-corrected chi connectivity index (χ4v) is 1.88. The molecule has 1 aromatic carbocycles. The topological polar surface area (TPSA) is 41.1 Å². The van der Waals surface area contributed by atoms with E-state index in [4.69, 9.17) is 0 Å². The quantitative estimate of drug-likeness (QED) is 0.745. The third-order valence-corrected chi connectivity index (χ3v) is 3.09. The van der Waals surface area contributed by atoms with Gasteiger partial charge in [0.15, 0.2) is 0 Å². The van der Waals surface area contributed by atoms with Gasteiger partial charge in [-0.1, -0.05) is 31.9 Å². The zero-order valence-electron chi connectivity index (χ0n) is 13.3. The summed E-state index contributed by atoms with van der Waals surface area (Å²) in [4.78, 5) is 11.8. The Morgan fingerprint density at radius 3 is 2.30 bits per heavy atom. The summed E-state index contributed by atoms with van der Waals surface area (Å²) in [6.07, 6.45) is 4.87. The van der Waals surface area contributed by atoms with E-state index in [1.807, 2.05) is 32.9 Å². The number of nitrogens with one attached hydrogen (secondary N) is 2. The number of benzene rings is 1. The Morgan fingerprint density at radius 2 is 1.75 bits per heavy atom. The highest BCUT2D eigenvalue weighted by atomic mass is 16.1. The highest BCUT2D eigenvalue weighted by molar-refractivity contribution is 5.92. The molecule has 112 valence electrons. The molecule has 0 aliphatic rings. The van der Waals surface area contributed by atoms with E-state index >= 15 is 0 Å². The van der Waals surface area contributed by atoms with E-state index < -0.39 is 0 Å². The van der Waals surface area contributed by atoms with Crippen molar-refractivity contribution in [2.45, 2.75) is 58.9 Å². The van der Waals surface area contributed by atoms with Crippen LogP contribution in [-0.2, 0) is 11.2 Å². The van der Waals surface area contributed by atoms with Gasteiger partial charge in [0, 0.05) is 11.2 Å². The van der Waals surface area contributed by atoms with Gasteiger partial charge in [0.05, 0.1) is 6.54 Å². The van der Waals surface area contributed by atoms with Crippen LogP contribution >= 0.6 is 0 Å². The summed E-state index contributed by atoms with van der Waals surface area (Å²) in [5, 5.41) is 6.08. The van der Waals surface area contributed by atoms with Crippen LogP contribution in [0.15, 0.2) is 24.3 Å². The molecular formula is C17H28N2O. The Bertz CT molecular complexity index is 404. The summed E-state index contributed by atoms with van der Waals surface area (Å²) in [5.41, 5.74) is 2.16. The van der Waals surface area contributed by atoms with Gasteiger partial charge in [0.2, 0.25) is 5.91 Å². The Balaban J connectivity index is 2.39. The number of carbonyl (C=O) groups is 1. The van der Waals surface area contributed by atoms with Crippen molar-refractivity contribution in [2.24, 2.45) is 0 Å². The van der Waals surface area contributed by atoms with Crippen LogP contribution < -0.4 is 10.6 Å². The molecular weight excluding hydrogens is 248 g/mol. The summed E-state index contributed by atoms with van der Waals surface area (Å²) in [5.74, 6) is -0.00124. The lowest BCUT2D eigenvalue weighted by Gasteiger charge is -2.20. The number of aryl methyl sites for hydroxylation is 1. The first kappa shape index (κ1) is 16.7. The van der Waals surface area contributed by atoms with Gasteiger partial charge in [-0.2, -0.15) is 0 Å². The standard InChI is InChI=1S/C17H28N2O/c1-5-6-7-8-14-9-11-15(12-10-14)19-16(20)13-18-17(2,3)4/h9-12,18H,5-8,13H2,1-4H3,(H,19,20). The number of hydrogen-bond donors (Lipinski definition) is 2. The molecule has 0 aliphatic heterocycles. The third kappa shape index (κ3) is 7.29. The maximum atomic E-state index is 11.8. The lowest BCUT2D eigenvalue weighted by Crippen LogP contribution is -2.41. The fraction of sp³-hybridized carbons (Fsp3) is 0.588. The Morgan fingerprint density at radius 1 is 1.10 bits per heavy atom. The monoisotopic (exact) mass is 276 g/mol. The smallest absolute Gasteiger partial charge is 0.238 e. The number of hydrogen-bond acceptors (Lipinski definition) is 2. The van der Waals surface area contributed by atoms with Crippen LogP contribution in [0.3, 0.4) is 0 Å². The molecule has 1 rings (SSSR count). The largest absolute Gasteiger partial charge is 0.325 e. The first-order valence-electron chi connectivity index (χ1n) is 7.54. The van der Waals surface area contributed by atoms with Gasteiger partial charge in [0.25, 0.3) is 0 Å². The number of rotatable bonds is 7. The molecule has 0 bridgehead atoms. The summed E-state index contributed by atoms with van der Waals surface area (Å²) in [6.45, 7) is 8.69. The van der Waals surface area contributed by atoms with Crippen LogP contribution in [0.5, 0.6) is 0 Å². The van der Waals surface area contributed by atoms with Gasteiger partial charge in [-0.15, -0.1) is 0 Å². The molecule has 20 heavy (non-hydrogen) atoms. The van der Waals surface area contributed by atoms with Crippen molar-refractivity contribution in [3.63, 3.8) is 0 Å². The molecule has 0 spiro atoms. The molecule has 0 unspecified atom stereocenters. The van der Waals surface area contributed by atoms with Crippen molar-refractivity contribution in [3.05, 3.63) is 29.8 Å². The van der Waals surface area contributed by atoms with E-state index in [1.54, 1.807) is 0 Å². The van der Waals surface area contributed by atoms with E-state index in [2.05, 4.69) is 29.7 Å². The molecule has 0 aliphatic carbocycles. The van der Waals surface area contributed by atoms with Crippen LogP contribution in [0.2, 0.25) is 0 Å². The van der Waals surface area contributed by atoms with Gasteiger partial charge < -0.3 is 10.6 Å². The zero-order valence-corrected chi connectivity index (χ0v) is 13.3. The molecule has 1 aromatic rings. The predicted molar refractivity (Wildman–Crippen MR) is 86.1 cm³/mol. The van der Waals surface area contributed by atoms with Gasteiger partial charge in [-0.3, -0.25) is 4.79 Å². The van der Waals surface area contributed by atoms with Crippen molar-refractivity contribution < 1.29 is 4.79 Å². The third-order valence-electron chi connectivity index (χ3n) is 3.09. The van der Waals surface area contributed by atoms with E-state index in [1.165, 1.54) is 24.8 Å². The SMILES string of the molecule is CCCCCc1ccc(NC(=O)CNC(C)(C)C)cc1. The van der Waals surface area contributed by atoms with Crippen molar-refractivity contribution in [2.75, 3.05) is 11.9 Å². The van der Waals surface area contributed by atoms with Crippen molar-refractivity contribution in [1.29, 1.82) is 0 Å². The maximum absolute atomic E-state index is 11.8. The predicted octanol–water partition coefficient (Wildman–Crippen LogP) is 3.75. The minimum atomic E-state index is -0.0412. The molecule has 0 heterocycles. The summed E-state index contributed by atoms with van der Waals surface area (Å²) in [7, 11) is 0. The van der Waals surface area contributed by atoms with Crippen molar-refractivity contribution in [3.8, 4) is 0 Å². The maximum Gasteiger partial charge on any atom is 0.238 e. The molecule has 0 atom stereocenters. The summed E-state index contributed by atoms with van der Waals surface area (Å²) >= 11 is 0. The number of unbranched alkanes of at least 4 members (excludes halogenated alkanes) is 2. The van der Waals surface area contributed by atoms with Crippen LogP contribution in [0.4, 0.5) is 5.69 Å².